The fraction of sp³-hybridized carbons (Fsp3) is 0.553. The predicted molar refractivity (Wildman–Crippen MR) is 448 cm³/mol. The van der Waals surface area contributed by atoms with Gasteiger partial charge in [0.2, 0.25) is 47.5 Å². The smallest absolute Gasteiger partial charge is 0.330 e. The minimum Gasteiger partial charge on any atom is -0.507 e. The first-order chi connectivity index (χ1) is 59.3. The Labute approximate surface area is 727 Å². The highest BCUT2D eigenvalue weighted by Crippen LogP contribution is 2.51. The number of carbonyl (C=O) groups excluding carboxylic acids is 7. The number of rotatable bonds is 36. The van der Waals surface area contributed by atoms with E-state index in [1.54, 1.807) is 13.8 Å². The summed E-state index contributed by atoms with van der Waals surface area (Å²) in [5, 5.41) is 133. The molecule has 39 heteroatoms. The molecule has 7 aliphatic rings. The summed E-state index contributed by atoms with van der Waals surface area (Å²) in [6.45, 7) is 12.9. The Morgan fingerprint density at radius 1 is 0.669 bits per heavy atom. The van der Waals surface area contributed by atoms with E-state index in [1.807, 2.05) is 20.8 Å². The third-order valence-corrected chi connectivity index (χ3v) is 22.6. The van der Waals surface area contributed by atoms with Gasteiger partial charge in [0.25, 0.3) is 12.1 Å². The lowest BCUT2D eigenvalue weighted by Crippen LogP contribution is -2.65. The van der Waals surface area contributed by atoms with Crippen LogP contribution in [0.1, 0.15) is 171 Å². The summed E-state index contributed by atoms with van der Waals surface area (Å²) in [4.78, 5) is 119. The number of aliphatic carboxylic acids is 1. The summed E-state index contributed by atoms with van der Waals surface area (Å²) in [6, 6.07) is 1.31. The number of amides is 7. The van der Waals surface area contributed by atoms with Crippen LogP contribution in [0.15, 0.2) is 72.8 Å². The molecule has 2 fully saturated rings. The number of aliphatic hydroxyl groups is 5. The second-order valence-electron chi connectivity index (χ2n) is 31.9. The summed E-state index contributed by atoms with van der Waals surface area (Å²) in [6.07, 6.45) is -8.33. The van der Waals surface area contributed by atoms with Gasteiger partial charge < -0.3 is 147 Å². The van der Waals surface area contributed by atoms with E-state index in [0.717, 1.165) is 80.8 Å². The molecule has 2 saturated heterocycles. The molecule has 9 unspecified atom stereocenters. The molecule has 7 heterocycles. The number of carboxylic acid groups (broad SMARTS) is 1. The summed E-state index contributed by atoms with van der Waals surface area (Å²) in [5.41, 5.74) is 1.95. The Hall–Kier alpha value is -9.52. The van der Waals surface area contributed by atoms with Crippen LogP contribution in [0.2, 0.25) is 10.0 Å². The van der Waals surface area contributed by atoms with Crippen LogP contribution in [0.25, 0.3) is 11.1 Å². The molecule has 37 nitrogen and oxygen atoms in total. The number of nitrogens with one attached hydrogen (secondary N) is 10. The van der Waals surface area contributed by atoms with Crippen LogP contribution < -0.4 is 77.8 Å². The molecule has 12 rings (SSSR count). The number of fused-ring (bicyclic) bond motifs is 15. The lowest BCUT2D eigenvalue weighted by Gasteiger charge is -2.48. The zero-order valence-corrected chi connectivity index (χ0v) is 71.6. The van der Waals surface area contributed by atoms with E-state index >= 15 is 24.0 Å². The molecular formula is C85H115Cl2N11O26. The fourth-order valence-corrected chi connectivity index (χ4v) is 15.7. The van der Waals surface area contributed by atoms with Crippen molar-refractivity contribution < 1.29 is 127 Å². The van der Waals surface area contributed by atoms with Gasteiger partial charge in [0.15, 0.2) is 29.9 Å². The van der Waals surface area contributed by atoms with Gasteiger partial charge in [-0.15, -0.1) is 0 Å². The van der Waals surface area contributed by atoms with E-state index in [1.165, 1.54) is 63.4 Å². The minimum atomic E-state index is -2.36. The van der Waals surface area contributed by atoms with Crippen LogP contribution in [0.4, 0.5) is 0 Å². The fourth-order valence-electron chi connectivity index (χ4n) is 15.3. The van der Waals surface area contributed by atoms with Gasteiger partial charge in [0.1, 0.15) is 83.1 Å². The standard InChI is InChI=1S/C85H115Cl2N11O26/c1-8-10-11-12-13-14-15-16-23-90-24-25-92-85(6)39-63(118-43(5)75(85)107)123-74-72(106)71(105)61(41-99)122-84(74)124-73-59-34-46-35-60(73)121-58-22-19-47(36-52(58)87)119-82-81(113)96-67(83(114)115)49-37-56(101)50(40-91-26-28-117-30-29-116-27-9-2)70(104)64(49)48-32-44(17-20-55(48)100)65(79(111)98-82)95-78(110)66(46)94-77(109)54(38-62(88)102)93-80(112)68(97-76(108)53(89-7)31-42(3)4)69(103)45-18-21-57(120-59)51(86)33-45/h17-22,32-37,42-43,53-54,61,63,65-69,71-72,74-75,82,84,89-92,99-101,103-107H,8-16,23-31,38-41H2,1-7H3,(H2,88,102)(H,93,112)(H,94,109)(H,95,110)(H,96,113)(H,97,108)(H,98,111)(H,114,115)/t43?,53-,54+,61?,63?,65-,66-,67+,68-,69-,71?,72?,74?,75?,82+,84?,85?/m1/s1. The van der Waals surface area contributed by atoms with Gasteiger partial charge in [0, 0.05) is 67.5 Å². The quantitative estimate of drug-likeness (QED) is 0.0248. The van der Waals surface area contributed by atoms with Crippen molar-refractivity contribution in [2.24, 2.45) is 11.7 Å². The topological polar surface area (TPSA) is 548 Å². The van der Waals surface area contributed by atoms with Gasteiger partial charge in [-0.25, -0.2) is 4.79 Å². The number of nitrogens with two attached hydrogens (primary N) is 1. The van der Waals surface area contributed by atoms with Crippen molar-refractivity contribution in [3.8, 4) is 62.9 Å². The van der Waals surface area contributed by atoms with E-state index in [0.29, 0.717) is 26.3 Å². The number of phenols is 3. The van der Waals surface area contributed by atoms with E-state index in [2.05, 4.69) is 60.1 Å². The number of phenolic OH excluding ortho intramolecular Hbond substituents is 3. The lowest BCUT2D eigenvalue weighted by molar-refractivity contribution is -0.334. The van der Waals surface area contributed by atoms with E-state index in [-0.39, 0.29) is 84.0 Å². The van der Waals surface area contributed by atoms with Crippen LogP contribution in [0.3, 0.4) is 0 Å². The van der Waals surface area contributed by atoms with Crippen LogP contribution >= 0.6 is 23.2 Å². The molecule has 7 aliphatic heterocycles. The molecule has 5 aromatic carbocycles. The third kappa shape index (κ3) is 24.6. The third-order valence-electron chi connectivity index (χ3n) is 22.0. The summed E-state index contributed by atoms with van der Waals surface area (Å²) in [5.74, 6) is -16.0. The van der Waals surface area contributed by atoms with Crippen molar-refractivity contribution in [1.82, 2.24) is 53.2 Å². The molecule has 680 valence electrons. The number of aliphatic hydroxyl groups excluding tert-OH is 5. The van der Waals surface area contributed by atoms with Crippen LogP contribution in [0, 0.1) is 5.92 Å². The number of aromatic hydroxyl groups is 3. The molecule has 21 N–H and O–H groups in total. The lowest BCUT2D eigenvalue weighted by atomic mass is 9.85. The van der Waals surface area contributed by atoms with Gasteiger partial charge in [-0.2, -0.15) is 0 Å². The van der Waals surface area contributed by atoms with Gasteiger partial charge in [-0.1, -0.05) is 108 Å². The Kier molecular flexibility index (Phi) is 35.1. The van der Waals surface area contributed by atoms with Crippen molar-refractivity contribution in [3.63, 3.8) is 0 Å². The first kappa shape index (κ1) is 96.7. The van der Waals surface area contributed by atoms with Crippen molar-refractivity contribution in [2.75, 3.05) is 66.3 Å². The maximum atomic E-state index is 16.4. The van der Waals surface area contributed by atoms with Crippen LogP contribution in [-0.4, -0.2) is 239 Å². The molecule has 0 spiro atoms. The number of likely N-dealkylation sites (N-methyl/N-ethyl adjacent to an activating group) is 1. The molecule has 0 aliphatic carbocycles. The molecule has 5 aromatic rings. The SMILES string of the molecule is CCCCCCCCCCNCCNC1(C)CC(OC2C(Oc3c4cc5cc3Oc3ccc(cc3Cl)[C@@H](O)[C@@H](NC(=O)[C@@H](CC(C)C)NC)C(=O)N[C@@H](CC(N)=O)C(=O)N[C@H]5C(=O)N[C@H]3C(=O)N[C@@H](Oc5ccc(c(Cl)c5)O4)C(=O)N[C@H](C(=O)O)c4cc(O)c(CNCCOCCOCCC)c(O)c4-c4cc3ccc4O)OC(CO)C(O)C2O)OC(C)C1O. The maximum Gasteiger partial charge on any atom is 0.330 e. The van der Waals surface area contributed by atoms with Gasteiger partial charge in [-0.3, -0.25) is 33.6 Å². The zero-order chi connectivity index (χ0) is 89.8. The first-order valence-corrected chi connectivity index (χ1v) is 42.5. The molecule has 0 radical (unpaired) electrons. The van der Waals surface area contributed by atoms with E-state index in [9.17, 15) is 60.3 Å². The molecule has 7 amide bonds. The Morgan fingerprint density at radius 3 is 1.98 bits per heavy atom. The molecule has 11 bridgehead atoms. The summed E-state index contributed by atoms with van der Waals surface area (Å²) >= 11 is 14.4. The monoisotopic (exact) mass is 1780 g/mol. The zero-order valence-electron chi connectivity index (χ0n) is 70.1. The number of carbonyl (C=O) groups is 8. The molecule has 0 aromatic heterocycles. The number of unbranched alkanes of at least 4 members (excludes halogenated alkanes) is 7. The van der Waals surface area contributed by atoms with Crippen LogP contribution in [0.5, 0.6) is 51.7 Å². The highest BCUT2D eigenvalue weighted by atomic mass is 35.5. The second kappa shape index (κ2) is 45.1. The van der Waals surface area contributed by atoms with Crippen molar-refractivity contribution in [2.45, 2.75) is 228 Å². The number of ether oxygens (including phenoxy) is 9. The van der Waals surface area contributed by atoms with Crippen molar-refractivity contribution in [1.29, 1.82) is 0 Å². The number of halogens is 2. The summed E-state index contributed by atoms with van der Waals surface area (Å²) < 4.78 is 56.9. The molecule has 0 saturated carbocycles. The number of hydrogen-bond acceptors (Lipinski definition) is 29. The average Bonchev–Trinajstić information content (AvgIpc) is 0.755. The van der Waals surface area contributed by atoms with Gasteiger partial charge in [-0.05, 0) is 124 Å². The van der Waals surface area contributed by atoms with Gasteiger partial charge >= 0.3 is 5.97 Å². The Balaban J connectivity index is 1.14. The highest BCUT2D eigenvalue weighted by molar-refractivity contribution is 6.32. The molecule has 124 heavy (non-hydrogen) atoms. The van der Waals surface area contributed by atoms with Crippen molar-refractivity contribution >= 4 is 70.5 Å². The first-order valence-electron chi connectivity index (χ1n) is 41.8. The predicted octanol–water partition coefficient (Wildman–Crippen LogP) is 4.30. The van der Waals surface area contributed by atoms with Gasteiger partial charge in [0.05, 0.1) is 66.7 Å². The second-order valence-corrected chi connectivity index (χ2v) is 32.7. The normalized spacial score (nSPS) is 25.5. The molecule has 17 atom stereocenters. The Bertz CT molecular complexity index is 4560. The largest absolute Gasteiger partial charge is 0.507 e. The van der Waals surface area contributed by atoms with E-state index < -0.39 is 225 Å². The van der Waals surface area contributed by atoms with Crippen LogP contribution in [-0.2, 0) is 68.6 Å². The average molecular weight is 1780 g/mol. The van der Waals surface area contributed by atoms with Crippen molar-refractivity contribution in [3.05, 3.63) is 111 Å². The Morgan fingerprint density at radius 2 is 1.32 bits per heavy atom. The minimum absolute atomic E-state index is 0.103. The number of benzene rings is 5. The maximum absolute atomic E-state index is 16.4. The number of carboxylic acids is 1. The summed E-state index contributed by atoms with van der Waals surface area (Å²) in [7, 11) is 1.49. The number of primary amides is 1. The molecular weight excluding hydrogens is 1660 g/mol. The van der Waals surface area contributed by atoms with E-state index in [4.69, 9.17) is 71.6 Å². The number of hydrogen-bond donors (Lipinski definition) is 20. The highest BCUT2D eigenvalue weighted by Gasteiger charge is 2.52.